The molecule has 128 valence electrons. The van der Waals surface area contributed by atoms with Gasteiger partial charge in [0.2, 0.25) is 12.7 Å². The highest BCUT2D eigenvalue weighted by atomic mass is 16.7. The lowest BCUT2D eigenvalue weighted by Gasteiger charge is -2.29. The number of carboxylic acid groups (broad SMARTS) is 1. The second-order valence-corrected chi connectivity index (χ2v) is 5.99. The standard InChI is InChI=1S/C15H27NO6/c1-9(2)6-12(7-13(18)19)14(16-8-17)21-11(5)22-15(20)10(3)4/h8-12,14H,6-7H2,1-5H3,(H,16,17)(H,18,19)/t11-,12+,14?/m1/s1. The predicted octanol–water partition coefficient (Wildman–Crippen LogP) is 1.76. The van der Waals surface area contributed by atoms with Crippen molar-refractivity contribution < 1.29 is 29.0 Å². The van der Waals surface area contributed by atoms with Crippen molar-refractivity contribution in [3.63, 3.8) is 0 Å². The van der Waals surface area contributed by atoms with E-state index in [0.717, 1.165) is 0 Å². The summed E-state index contributed by atoms with van der Waals surface area (Å²) in [6, 6.07) is 0. The van der Waals surface area contributed by atoms with Crippen LogP contribution in [-0.2, 0) is 23.9 Å². The van der Waals surface area contributed by atoms with Crippen LogP contribution in [0.2, 0.25) is 0 Å². The molecule has 0 bridgehead atoms. The van der Waals surface area contributed by atoms with Crippen molar-refractivity contribution in [2.45, 2.75) is 60.0 Å². The summed E-state index contributed by atoms with van der Waals surface area (Å²) in [4.78, 5) is 33.3. The van der Waals surface area contributed by atoms with E-state index in [2.05, 4.69) is 5.32 Å². The van der Waals surface area contributed by atoms with E-state index < -0.39 is 30.4 Å². The van der Waals surface area contributed by atoms with E-state index in [4.69, 9.17) is 14.6 Å². The van der Waals surface area contributed by atoms with Gasteiger partial charge in [0.1, 0.15) is 6.23 Å². The molecule has 22 heavy (non-hydrogen) atoms. The van der Waals surface area contributed by atoms with Gasteiger partial charge >= 0.3 is 11.9 Å². The second kappa shape index (κ2) is 10.2. The van der Waals surface area contributed by atoms with Gasteiger partial charge in [-0.3, -0.25) is 14.4 Å². The Morgan fingerprint density at radius 2 is 1.77 bits per heavy atom. The molecule has 0 saturated carbocycles. The van der Waals surface area contributed by atoms with E-state index in [9.17, 15) is 14.4 Å². The number of hydrogen-bond acceptors (Lipinski definition) is 5. The van der Waals surface area contributed by atoms with Crippen LogP contribution in [0.4, 0.5) is 0 Å². The first-order valence-electron chi connectivity index (χ1n) is 7.44. The zero-order valence-electron chi connectivity index (χ0n) is 13.9. The highest BCUT2D eigenvalue weighted by Gasteiger charge is 2.28. The Balaban J connectivity index is 4.85. The first-order chi connectivity index (χ1) is 10.2. The first kappa shape index (κ1) is 20.4. The Morgan fingerprint density at radius 3 is 2.18 bits per heavy atom. The Bertz CT molecular complexity index is 369. The molecule has 0 aromatic heterocycles. The van der Waals surface area contributed by atoms with Gasteiger partial charge in [-0.1, -0.05) is 27.7 Å². The number of amides is 1. The quantitative estimate of drug-likeness (QED) is 0.342. The lowest BCUT2D eigenvalue weighted by Crippen LogP contribution is -2.42. The molecule has 0 aromatic rings. The van der Waals surface area contributed by atoms with Gasteiger partial charge in [0.15, 0.2) is 0 Å². The molecule has 0 rings (SSSR count). The van der Waals surface area contributed by atoms with E-state index in [0.29, 0.717) is 12.8 Å². The largest absolute Gasteiger partial charge is 0.481 e. The molecular formula is C15H27NO6. The van der Waals surface area contributed by atoms with Gasteiger partial charge in [0.25, 0.3) is 0 Å². The molecule has 7 heteroatoms. The van der Waals surface area contributed by atoms with E-state index in [-0.39, 0.29) is 18.3 Å². The summed E-state index contributed by atoms with van der Waals surface area (Å²) >= 11 is 0. The summed E-state index contributed by atoms with van der Waals surface area (Å²) in [6.07, 6.45) is -0.838. The summed E-state index contributed by atoms with van der Waals surface area (Å²) in [5.41, 5.74) is 0. The van der Waals surface area contributed by atoms with Crippen molar-refractivity contribution in [1.82, 2.24) is 5.32 Å². The van der Waals surface area contributed by atoms with Crippen LogP contribution in [0.5, 0.6) is 0 Å². The van der Waals surface area contributed by atoms with Crippen molar-refractivity contribution in [3.05, 3.63) is 0 Å². The number of carbonyl (C=O) groups excluding carboxylic acids is 2. The number of carboxylic acids is 1. The second-order valence-electron chi connectivity index (χ2n) is 5.99. The highest BCUT2D eigenvalue weighted by Crippen LogP contribution is 2.21. The molecule has 0 radical (unpaired) electrons. The van der Waals surface area contributed by atoms with Crippen LogP contribution >= 0.6 is 0 Å². The Labute approximate surface area is 131 Å². The third-order valence-electron chi connectivity index (χ3n) is 2.96. The molecule has 0 aliphatic rings. The fourth-order valence-corrected chi connectivity index (χ4v) is 2.03. The molecule has 0 aliphatic carbocycles. The summed E-state index contributed by atoms with van der Waals surface area (Å²) in [7, 11) is 0. The number of ether oxygens (including phenoxy) is 2. The molecule has 1 unspecified atom stereocenters. The molecule has 0 spiro atoms. The van der Waals surface area contributed by atoms with Crippen LogP contribution in [-0.4, -0.2) is 36.0 Å². The van der Waals surface area contributed by atoms with Crippen molar-refractivity contribution in [2.24, 2.45) is 17.8 Å². The van der Waals surface area contributed by atoms with Crippen molar-refractivity contribution in [1.29, 1.82) is 0 Å². The summed E-state index contributed by atoms with van der Waals surface area (Å²) in [5.74, 6) is -1.87. The number of aliphatic carboxylic acids is 1. The van der Waals surface area contributed by atoms with Gasteiger partial charge < -0.3 is 19.9 Å². The third kappa shape index (κ3) is 8.61. The fourth-order valence-electron chi connectivity index (χ4n) is 2.03. The van der Waals surface area contributed by atoms with E-state index >= 15 is 0 Å². The van der Waals surface area contributed by atoms with Gasteiger partial charge in [-0.15, -0.1) is 0 Å². The minimum Gasteiger partial charge on any atom is -0.481 e. The normalized spacial score (nSPS) is 15.2. The Morgan fingerprint density at radius 1 is 1.18 bits per heavy atom. The third-order valence-corrected chi connectivity index (χ3v) is 2.96. The van der Waals surface area contributed by atoms with E-state index in [1.165, 1.54) is 6.92 Å². The zero-order chi connectivity index (χ0) is 17.3. The molecular weight excluding hydrogens is 290 g/mol. The summed E-state index contributed by atoms with van der Waals surface area (Å²) in [5, 5.41) is 11.5. The maximum absolute atomic E-state index is 11.5. The lowest BCUT2D eigenvalue weighted by atomic mass is 9.92. The van der Waals surface area contributed by atoms with Gasteiger partial charge in [0, 0.05) is 5.92 Å². The number of carbonyl (C=O) groups is 3. The van der Waals surface area contributed by atoms with Gasteiger partial charge in [-0.2, -0.15) is 0 Å². The van der Waals surface area contributed by atoms with Crippen LogP contribution in [0.15, 0.2) is 0 Å². The molecule has 0 heterocycles. The van der Waals surface area contributed by atoms with E-state index in [1.807, 2.05) is 13.8 Å². The molecule has 0 aromatic carbocycles. The van der Waals surface area contributed by atoms with Crippen LogP contribution in [0.1, 0.15) is 47.5 Å². The first-order valence-corrected chi connectivity index (χ1v) is 7.44. The Hall–Kier alpha value is -1.63. The number of nitrogens with one attached hydrogen (secondary N) is 1. The maximum Gasteiger partial charge on any atom is 0.310 e. The van der Waals surface area contributed by atoms with Gasteiger partial charge in [-0.05, 0) is 19.3 Å². The monoisotopic (exact) mass is 317 g/mol. The van der Waals surface area contributed by atoms with Crippen LogP contribution in [0.25, 0.3) is 0 Å². The maximum atomic E-state index is 11.5. The fraction of sp³-hybridized carbons (Fsp3) is 0.800. The minimum atomic E-state index is -0.973. The molecule has 0 aliphatic heterocycles. The molecule has 3 atom stereocenters. The zero-order valence-corrected chi connectivity index (χ0v) is 13.9. The average Bonchev–Trinajstić information content (AvgIpc) is 2.36. The lowest BCUT2D eigenvalue weighted by molar-refractivity contribution is -0.198. The van der Waals surface area contributed by atoms with E-state index in [1.54, 1.807) is 13.8 Å². The minimum absolute atomic E-state index is 0.144. The van der Waals surface area contributed by atoms with Crippen LogP contribution < -0.4 is 5.32 Å². The smallest absolute Gasteiger partial charge is 0.310 e. The molecule has 0 fully saturated rings. The Kier molecular flexibility index (Phi) is 9.40. The van der Waals surface area contributed by atoms with Crippen LogP contribution in [0, 0.1) is 17.8 Å². The molecule has 7 nitrogen and oxygen atoms in total. The van der Waals surface area contributed by atoms with Gasteiger partial charge in [0.05, 0.1) is 12.3 Å². The summed E-state index contributed by atoms with van der Waals surface area (Å²) < 4.78 is 10.6. The van der Waals surface area contributed by atoms with Crippen LogP contribution in [0.3, 0.4) is 0 Å². The highest BCUT2D eigenvalue weighted by molar-refractivity contribution is 5.71. The SMILES string of the molecule is CC(C)C[C@@H](CC(=O)O)C(NC=O)O[C@@H](C)OC(=O)C(C)C. The average molecular weight is 317 g/mol. The van der Waals surface area contributed by atoms with Gasteiger partial charge in [-0.25, -0.2) is 0 Å². The van der Waals surface area contributed by atoms with Crippen molar-refractivity contribution in [2.75, 3.05) is 0 Å². The molecule has 2 N–H and O–H groups in total. The number of esters is 1. The predicted molar refractivity (Wildman–Crippen MR) is 79.7 cm³/mol. The molecule has 1 amide bonds. The van der Waals surface area contributed by atoms with Crippen molar-refractivity contribution in [3.8, 4) is 0 Å². The topological polar surface area (TPSA) is 102 Å². The van der Waals surface area contributed by atoms with Crippen molar-refractivity contribution >= 4 is 18.3 Å². The molecule has 0 saturated heterocycles. The summed E-state index contributed by atoms with van der Waals surface area (Å²) in [6.45, 7) is 8.83. The number of rotatable bonds is 11. The number of hydrogen-bond donors (Lipinski definition) is 2.